The summed E-state index contributed by atoms with van der Waals surface area (Å²) >= 11 is 0. The Hall–Kier alpha value is -0.640. The highest BCUT2D eigenvalue weighted by atomic mass is 16.3. The first-order valence-corrected chi connectivity index (χ1v) is 5.22. The maximum absolute atomic E-state index is 10.5. The van der Waals surface area contributed by atoms with E-state index in [1.165, 1.54) is 12.8 Å². The van der Waals surface area contributed by atoms with Crippen molar-refractivity contribution in [2.24, 2.45) is 11.2 Å². The number of nitrogens with zero attached hydrogens (tertiary/aromatic N) is 2. The van der Waals surface area contributed by atoms with Crippen LogP contribution in [0.5, 0.6) is 0 Å². The van der Waals surface area contributed by atoms with Crippen molar-refractivity contribution in [3.8, 4) is 0 Å². The van der Waals surface area contributed by atoms with Crippen molar-refractivity contribution in [2.45, 2.75) is 31.7 Å². The average Bonchev–Trinajstić information content (AvgIpc) is 2.67. The zero-order valence-electron chi connectivity index (χ0n) is 7.91. The maximum Gasteiger partial charge on any atom is 0.0543 e. The summed E-state index contributed by atoms with van der Waals surface area (Å²) in [5.41, 5.74) is 0. The van der Waals surface area contributed by atoms with Gasteiger partial charge in [0, 0.05) is 6.54 Å². The molecule has 0 aromatic rings. The van der Waals surface area contributed by atoms with Crippen molar-refractivity contribution < 1.29 is 0 Å². The molecule has 0 aliphatic carbocycles. The van der Waals surface area contributed by atoms with Crippen LogP contribution >= 0.6 is 0 Å². The highest BCUT2D eigenvalue weighted by molar-refractivity contribution is 4.86. The van der Waals surface area contributed by atoms with Crippen molar-refractivity contribution >= 4 is 0 Å². The number of nitrogens with one attached hydrogen (secondary N) is 1. The highest BCUT2D eigenvalue weighted by Crippen LogP contribution is 2.27. The summed E-state index contributed by atoms with van der Waals surface area (Å²) in [7, 11) is 0. The number of piperidine rings is 1. The van der Waals surface area contributed by atoms with E-state index in [1.807, 2.05) is 0 Å². The quantitative estimate of drug-likeness (QED) is 0.653. The van der Waals surface area contributed by atoms with Crippen LogP contribution in [0.25, 0.3) is 0 Å². The van der Waals surface area contributed by atoms with Gasteiger partial charge in [-0.3, -0.25) is 5.01 Å². The van der Waals surface area contributed by atoms with Gasteiger partial charge in [0.15, 0.2) is 0 Å². The first-order valence-electron chi connectivity index (χ1n) is 5.22. The molecule has 2 heterocycles. The van der Waals surface area contributed by atoms with Gasteiger partial charge >= 0.3 is 0 Å². The van der Waals surface area contributed by atoms with Crippen LogP contribution in [0.4, 0.5) is 0 Å². The molecule has 4 nitrogen and oxygen atoms in total. The molecular formula is C9H17N3O. The van der Waals surface area contributed by atoms with Crippen LogP contribution in [0.1, 0.15) is 25.7 Å². The minimum absolute atomic E-state index is 0.422. The van der Waals surface area contributed by atoms with Crippen LogP contribution in [0.2, 0.25) is 0 Å². The Kier molecular flexibility index (Phi) is 2.78. The van der Waals surface area contributed by atoms with Gasteiger partial charge in [0.1, 0.15) is 0 Å². The lowest BCUT2D eigenvalue weighted by molar-refractivity contribution is 0.169. The van der Waals surface area contributed by atoms with Crippen LogP contribution in [0, 0.1) is 10.8 Å². The number of hydrogen-bond acceptors (Lipinski definition) is 3. The van der Waals surface area contributed by atoms with Crippen molar-refractivity contribution in [1.29, 1.82) is 0 Å². The Balaban J connectivity index is 1.93. The lowest BCUT2D eigenvalue weighted by Crippen LogP contribution is -2.41. The predicted octanol–water partition coefficient (Wildman–Crippen LogP) is 1.13. The second kappa shape index (κ2) is 4.05. The Morgan fingerprint density at radius 1 is 1.31 bits per heavy atom. The van der Waals surface area contributed by atoms with Gasteiger partial charge in [-0.1, -0.05) is 0 Å². The molecule has 2 fully saturated rings. The lowest BCUT2D eigenvalue weighted by atomic mass is 9.91. The van der Waals surface area contributed by atoms with Gasteiger partial charge in [0.25, 0.3) is 0 Å². The Bertz CT molecular complexity index is 180. The Morgan fingerprint density at radius 2 is 2.23 bits per heavy atom. The van der Waals surface area contributed by atoms with Crippen LogP contribution in [0.3, 0.4) is 0 Å². The second-order valence-corrected chi connectivity index (χ2v) is 4.06. The first-order chi connectivity index (χ1) is 6.42. The van der Waals surface area contributed by atoms with Crippen molar-refractivity contribution in [2.75, 3.05) is 19.6 Å². The topological polar surface area (TPSA) is 44.7 Å². The van der Waals surface area contributed by atoms with E-state index in [0.717, 1.165) is 32.5 Å². The minimum Gasteiger partial charge on any atom is -0.316 e. The standard InChI is InChI=1S/C9H17N3O/c13-11-12-6-2-4-9(12)8-3-1-5-10-7-8/h8-10H,1-7H2/t8?,9-/m1/s1. The summed E-state index contributed by atoms with van der Waals surface area (Å²) < 4.78 is 0. The van der Waals surface area contributed by atoms with Crippen LogP contribution < -0.4 is 5.32 Å². The van der Waals surface area contributed by atoms with E-state index in [9.17, 15) is 4.91 Å². The molecule has 1 N–H and O–H groups in total. The molecule has 0 spiro atoms. The fraction of sp³-hybridized carbons (Fsp3) is 1.00. The van der Waals surface area contributed by atoms with E-state index in [2.05, 4.69) is 10.6 Å². The van der Waals surface area contributed by atoms with Crippen molar-refractivity contribution in [3.63, 3.8) is 0 Å². The molecule has 2 atom stereocenters. The van der Waals surface area contributed by atoms with Gasteiger partial charge in [-0.25, -0.2) is 0 Å². The first kappa shape index (κ1) is 8.94. The molecule has 0 aromatic heterocycles. The molecule has 2 aliphatic heterocycles. The average molecular weight is 183 g/mol. The Labute approximate surface area is 78.6 Å². The molecule has 2 aliphatic rings. The molecule has 2 rings (SSSR count). The zero-order chi connectivity index (χ0) is 9.10. The summed E-state index contributed by atoms with van der Waals surface area (Å²) in [6.45, 7) is 3.07. The molecule has 0 radical (unpaired) electrons. The summed E-state index contributed by atoms with van der Waals surface area (Å²) in [4.78, 5) is 10.5. The maximum atomic E-state index is 10.5. The summed E-state index contributed by atoms with van der Waals surface area (Å²) in [5, 5.41) is 8.23. The highest BCUT2D eigenvalue weighted by Gasteiger charge is 2.32. The third-order valence-corrected chi connectivity index (χ3v) is 3.25. The third-order valence-electron chi connectivity index (χ3n) is 3.25. The van der Waals surface area contributed by atoms with E-state index in [1.54, 1.807) is 5.01 Å². The lowest BCUT2D eigenvalue weighted by Gasteiger charge is -2.31. The van der Waals surface area contributed by atoms with Crippen molar-refractivity contribution in [1.82, 2.24) is 10.3 Å². The van der Waals surface area contributed by atoms with E-state index in [4.69, 9.17) is 0 Å². The van der Waals surface area contributed by atoms with Crippen LogP contribution in [-0.2, 0) is 0 Å². The summed E-state index contributed by atoms with van der Waals surface area (Å²) in [5.74, 6) is 0.647. The van der Waals surface area contributed by atoms with Gasteiger partial charge in [0.2, 0.25) is 0 Å². The molecule has 0 aromatic carbocycles. The molecule has 0 bridgehead atoms. The fourth-order valence-corrected chi connectivity index (χ4v) is 2.56. The van der Waals surface area contributed by atoms with Crippen LogP contribution in [-0.4, -0.2) is 30.7 Å². The minimum atomic E-state index is 0.422. The third kappa shape index (κ3) is 1.82. The summed E-state index contributed by atoms with van der Waals surface area (Å²) in [6.07, 6.45) is 4.78. The van der Waals surface area contributed by atoms with Gasteiger partial charge in [-0.05, 0) is 44.7 Å². The number of hydrogen-bond donors (Lipinski definition) is 1. The van der Waals surface area contributed by atoms with Crippen LogP contribution in [0.15, 0.2) is 5.29 Å². The monoisotopic (exact) mass is 183 g/mol. The molecule has 4 heteroatoms. The van der Waals surface area contributed by atoms with E-state index >= 15 is 0 Å². The number of rotatable bonds is 2. The molecule has 0 amide bonds. The van der Waals surface area contributed by atoms with Crippen molar-refractivity contribution in [3.05, 3.63) is 4.91 Å². The fourth-order valence-electron chi connectivity index (χ4n) is 2.56. The molecule has 2 saturated heterocycles. The largest absolute Gasteiger partial charge is 0.316 e. The van der Waals surface area contributed by atoms with Gasteiger partial charge in [0.05, 0.1) is 11.3 Å². The van der Waals surface area contributed by atoms with E-state index in [0.29, 0.717) is 12.0 Å². The SMILES string of the molecule is O=NN1CCC[C@@H]1C1CCCNC1. The zero-order valence-corrected chi connectivity index (χ0v) is 7.91. The molecular weight excluding hydrogens is 166 g/mol. The van der Waals surface area contributed by atoms with E-state index in [-0.39, 0.29) is 0 Å². The van der Waals surface area contributed by atoms with Gasteiger partial charge in [-0.15, -0.1) is 4.91 Å². The van der Waals surface area contributed by atoms with Gasteiger partial charge < -0.3 is 5.32 Å². The van der Waals surface area contributed by atoms with Gasteiger partial charge in [-0.2, -0.15) is 0 Å². The summed E-state index contributed by atoms with van der Waals surface area (Å²) in [6, 6.07) is 0.422. The molecule has 74 valence electrons. The normalized spacial score (nSPS) is 34.9. The predicted molar refractivity (Wildman–Crippen MR) is 51.1 cm³/mol. The smallest absolute Gasteiger partial charge is 0.0543 e. The molecule has 13 heavy (non-hydrogen) atoms. The molecule has 0 saturated carbocycles. The second-order valence-electron chi connectivity index (χ2n) is 4.06. The van der Waals surface area contributed by atoms with E-state index < -0.39 is 0 Å². The Morgan fingerprint density at radius 3 is 2.92 bits per heavy atom. The number of nitroso groups, excluding NO2 is 1. The molecule has 1 unspecified atom stereocenters.